The molecular formula is C19H29N3O. The smallest absolute Gasteiger partial charge is 0.123 e. The average Bonchev–Trinajstić information content (AvgIpc) is 2.91. The fraction of sp³-hybridized carbons (Fsp3) is 0.526. The van der Waals surface area contributed by atoms with Crippen LogP contribution >= 0.6 is 0 Å². The summed E-state index contributed by atoms with van der Waals surface area (Å²) < 4.78 is 1.96. The van der Waals surface area contributed by atoms with Crippen molar-refractivity contribution >= 4 is 0 Å². The highest BCUT2D eigenvalue weighted by Gasteiger charge is 2.26. The molecule has 2 aromatic rings. The van der Waals surface area contributed by atoms with Gasteiger partial charge in [0, 0.05) is 19.4 Å². The molecule has 4 heteroatoms. The van der Waals surface area contributed by atoms with Gasteiger partial charge >= 0.3 is 0 Å². The van der Waals surface area contributed by atoms with E-state index in [0.717, 1.165) is 17.7 Å². The molecule has 1 N–H and O–H groups in total. The molecular weight excluding hydrogens is 286 g/mol. The zero-order valence-corrected chi connectivity index (χ0v) is 15.4. The van der Waals surface area contributed by atoms with Crippen LogP contribution in [0.15, 0.2) is 30.9 Å². The minimum absolute atomic E-state index is 0.104. The molecule has 2 rings (SSSR count). The zero-order chi connectivity index (χ0) is 17.4. The van der Waals surface area contributed by atoms with Gasteiger partial charge in [-0.05, 0) is 39.7 Å². The molecule has 1 aromatic heterocycles. The van der Waals surface area contributed by atoms with Gasteiger partial charge in [0.05, 0.1) is 6.54 Å². The number of aromatic hydroxyl groups is 1. The lowest BCUT2D eigenvalue weighted by Gasteiger charge is -2.29. The van der Waals surface area contributed by atoms with Crippen LogP contribution in [0.1, 0.15) is 58.2 Å². The lowest BCUT2D eigenvalue weighted by Crippen LogP contribution is -2.28. The highest BCUT2D eigenvalue weighted by Crippen LogP contribution is 2.39. The summed E-state index contributed by atoms with van der Waals surface area (Å²) in [6, 6.07) is 4.25. The van der Waals surface area contributed by atoms with Gasteiger partial charge in [-0.2, -0.15) is 0 Å². The second kappa shape index (κ2) is 5.91. The lowest BCUT2D eigenvalue weighted by molar-refractivity contribution is 0.422. The first kappa shape index (κ1) is 17.4. The maximum Gasteiger partial charge on any atom is 0.123 e. The number of rotatable bonds is 3. The number of phenols is 1. The van der Waals surface area contributed by atoms with Crippen LogP contribution in [0.5, 0.6) is 5.75 Å². The van der Waals surface area contributed by atoms with Crippen LogP contribution in [0.25, 0.3) is 0 Å². The molecule has 126 valence electrons. The van der Waals surface area contributed by atoms with E-state index in [-0.39, 0.29) is 10.8 Å². The van der Waals surface area contributed by atoms with Crippen LogP contribution in [0, 0.1) is 0 Å². The van der Waals surface area contributed by atoms with Gasteiger partial charge in [-0.15, -0.1) is 0 Å². The molecule has 0 aliphatic carbocycles. The van der Waals surface area contributed by atoms with E-state index in [1.165, 1.54) is 5.56 Å². The standard InChI is InChI=1S/C19H29N3O/c1-18(2,3)15-10-14(11-16(17(15)23)19(4,5)6)12-21(7)22-9-8-20-13-22/h8-11,13,23H,12H2,1-7H3. The quantitative estimate of drug-likeness (QED) is 0.932. The van der Waals surface area contributed by atoms with Crippen LogP contribution in [-0.2, 0) is 17.4 Å². The van der Waals surface area contributed by atoms with E-state index < -0.39 is 0 Å². The molecule has 0 radical (unpaired) electrons. The summed E-state index contributed by atoms with van der Waals surface area (Å²) in [5.41, 5.74) is 2.98. The van der Waals surface area contributed by atoms with Gasteiger partial charge in [0.1, 0.15) is 12.1 Å². The minimum atomic E-state index is -0.104. The monoisotopic (exact) mass is 315 g/mol. The van der Waals surface area contributed by atoms with Gasteiger partial charge in [0.15, 0.2) is 0 Å². The van der Waals surface area contributed by atoms with E-state index in [9.17, 15) is 5.11 Å². The van der Waals surface area contributed by atoms with E-state index in [4.69, 9.17) is 0 Å². The third-order valence-corrected chi connectivity index (χ3v) is 4.08. The Morgan fingerprint density at radius 1 is 1.04 bits per heavy atom. The summed E-state index contributed by atoms with van der Waals surface area (Å²) in [6.07, 6.45) is 5.49. The molecule has 0 aliphatic heterocycles. The maximum absolute atomic E-state index is 10.8. The Balaban J connectivity index is 2.48. The van der Waals surface area contributed by atoms with Gasteiger partial charge in [-0.25, -0.2) is 4.98 Å². The summed E-state index contributed by atoms with van der Waals surface area (Å²) in [6.45, 7) is 13.6. The predicted molar refractivity (Wildman–Crippen MR) is 95.6 cm³/mol. The average molecular weight is 315 g/mol. The highest BCUT2D eigenvalue weighted by molar-refractivity contribution is 5.50. The van der Waals surface area contributed by atoms with Gasteiger partial charge in [-0.1, -0.05) is 41.5 Å². The Kier molecular flexibility index (Phi) is 4.47. The summed E-state index contributed by atoms with van der Waals surface area (Å²) in [4.78, 5) is 4.09. The topological polar surface area (TPSA) is 41.3 Å². The molecule has 0 bridgehead atoms. The third kappa shape index (κ3) is 3.87. The summed E-state index contributed by atoms with van der Waals surface area (Å²) in [5.74, 6) is 0.430. The van der Waals surface area contributed by atoms with Crippen molar-refractivity contribution in [3.63, 3.8) is 0 Å². The summed E-state index contributed by atoms with van der Waals surface area (Å²) in [5, 5.41) is 12.9. The van der Waals surface area contributed by atoms with Gasteiger partial charge in [-0.3, -0.25) is 4.68 Å². The van der Waals surface area contributed by atoms with Crippen LogP contribution in [0.2, 0.25) is 0 Å². The van der Waals surface area contributed by atoms with Gasteiger partial charge in [0.25, 0.3) is 0 Å². The Hall–Kier alpha value is -1.97. The van der Waals surface area contributed by atoms with Crippen molar-refractivity contribution < 1.29 is 5.11 Å². The van der Waals surface area contributed by atoms with Crippen molar-refractivity contribution in [3.05, 3.63) is 47.5 Å². The van der Waals surface area contributed by atoms with E-state index in [0.29, 0.717) is 5.75 Å². The van der Waals surface area contributed by atoms with Gasteiger partial charge < -0.3 is 10.1 Å². The zero-order valence-electron chi connectivity index (χ0n) is 15.4. The first-order valence-electron chi connectivity index (χ1n) is 8.06. The van der Waals surface area contributed by atoms with Crippen molar-refractivity contribution in [1.29, 1.82) is 0 Å². The summed E-state index contributed by atoms with van der Waals surface area (Å²) >= 11 is 0. The normalized spacial score (nSPS) is 12.5. The predicted octanol–water partition coefficient (Wildman–Crippen LogP) is 3.95. The molecule has 0 saturated heterocycles. The molecule has 1 heterocycles. The molecule has 0 amide bonds. The van der Waals surface area contributed by atoms with E-state index in [1.54, 1.807) is 12.5 Å². The molecule has 0 aliphatic rings. The number of imidazole rings is 1. The Morgan fingerprint density at radius 2 is 1.57 bits per heavy atom. The van der Waals surface area contributed by atoms with E-state index >= 15 is 0 Å². The van der Waals surface area contributed by atoms with Crippen LogP contribution in [0.4, 0.5) is 0 Å². The third-order valence-electron chi connectivity index (χ3n) is 4.08. The Morgan fingerprint density at radius 3 is 1.96 bits per heavy atom. The SMILES string of the molecule is CN(Cc1cc(C(C)(C)C)c(O)c(C(C)(C)C)c1)n1ccnc1. The molecule has 23 heavy (non-hydrogen) atoms. The van der Waals surface area contributed by atoms with Crippen LogP contribution in [0.3, 0.4) is 0 Å². The lowest BCUT2D eigenvalue weighted by atomic mass is 9.78. The molecule has 1 aromatic carbocycles. The van der Waals surface area contributed by atoms with Crippen molar-refractivity contribution in [2.75, 3.05) is 12.1 Å². The Labute approximate surface area is 139 Å². The van der Waals surface area contributed by atoms with Crippen LogP contribution < -0.4 is 5.01 Å². The fourth-order valence-electron chi connectivity index (χ4n) is 2.73. The summed E-state index contributed by atoms with van der Waals surface area (Å²) in [7, 11) is 2.03. The number of hydrogen-bond donors (Lipinski definition) is 1. The van der Waals surface area contributed by atoms with Gasteiger partial charge in [0.2, 0.25) is 0 Å². The van der Waals surface area contributed by atoms with E-state index in [2.05, 4.69) is 63.7 Å². The molecule has 0 saturated carbocycles. The molecule has 4 nitrogen and oxygen atoms in total. The number of aromatic nitrogens is 2. The highest BCUT2D eigenvalue weighted by atomic mass is 16.3. The second-order valence-corrected chi connectivity index (χ2v) is 8.30. The number of phenolic OH excluding ortho intramolecular Hbond substituents is 1. The molecule has 0 spiro atoms. The van der Waals surface area contributed by atoms with Crippen molar-refractivity contribution in [3.8, 4) is 5.75 Å². The maximum atomic E-state index is 10.8. The first-order valence-corrected chi connectivity index (χ1v) is 8.06. The number of hydrogen-bond acceptors (Lipinski definition) is 3. The molecule has 0 fully saturated rings. The molecule has 0 unspecified atom stereocenters. The Bertz CT molecular complexity index is 626. The first-order chi connectivity index (χ1) is 10.5. The van der Waals surface area contributed by atoms with Crippen molar-refractivity contribution in [2.24, 2.45) is 0 Å². The second-order valence-electron chi connectivity index (χ2n) is 8.30. The fourth-order valence-corrected chi connectivity index (χ4v) is 2.73. The minimum Gasteiger partial charge on any atom is -0.507 e. The van der Waals surface area contributed by atoms with Crippen molar-refractivity contribution in [2.45, 2.75) is 58.9 Å². The van der Waals surface area contributed by atoms with Crippen LogP contribution in [-0.4, -0.2) is 21.8 Å². The number of benzene rings is 1. The largest absolute Gasteiger partial charge is 0.507 e. The molecule has 0 atom stereocenters. The van der Waals surface area contributed by atoms with Crippen molar-refractivity contribution in [1.82, 2.24) is 9.66 Å². The van der Waals surface area contributed by atoms with E-state index in [1.807, 2.05) is 17.9 Å². The number of nitrogens with zero attached hydrogens (tertiary/aromatic N) is 3.